The summed E-state index contributed by atoms with van der Waals surface area (Å²) in [4.78, 5) is 5.02. The van der Waals surface area contributed by atoms with Gasteiger partial charge in [-0.25, -0.2) is 18.2 Å². The van der Waals surface area contributed by atoms with E-state index in [9.17, 15) is 13.2 Å². The molecule has 0 saturated heterocycles. The Morgan fingerprint density at radius 2 is 2.21 bits per heavy atom. The van der Waals surface area contributed by atoms with Gasteiger partial charge in [0.05, 0.1) is 18.5 Å². The van der Waals surface area contributed by atoms with Crippen molar-refractivity contribution < 1.29 is 17.6 Å². The van der Waals surface area contributed by atoms with Crippen LogP contribution in [0.2, 0.25) is 5.15 Å². The van der Waals surface area contributed by atoms with E-state index in [1.165, 1.54) is 29.7 Å². The molecule has 0 aliphatic heterocycles. The Balaban J connectivity index is 2.17. The van der Waals surface area contributed by atoms with Crippen molar-refractivity contribution in [3.05, 3.63) is 47.4 Å². The Bertz CT molecular complexity index is 534. The maximum Gasteiger partial charge on any atom is 0.255 e. The first-order chi connectivity index (χ1) is 9.06. The van der Waals surface area contributed by atoms with E-state index in [1.54, 1.807) is 6.07 Å². The highest BCUT2D eigenvalue weighted by atomic mass is 35.5. The number of halogens is 4. The molecule has 0 fully saturated rings. The topological polar surface area (TPSA) is 29.3 Å². The lowest BCUT2D eigenvalue weighted by molar-refractivity contribution is 0.154. The molecule has 0 unspecified atom stereocenters. The van der Waals surface area contributed by atoms with E-state index in [-0.39, 0.29) is 11.7 Å². The van der Waals surface area contributed by atoms with E-state index in [0.29, 0.717) is 11.3 Å². The van der Waals surface area contributed by atoms with Gasteiger partial charge in [-0.1, -0.05) is 11.6 Å². The molecule has 0 radical (unpaired) electrons. The predicted octanol–water partition coefficient (Wildman–Crippen LogP) is 3.74. The molecule has 0 saturated carbocycles. The molecule has 0 amide bonds. The normalized spacial score (nSPS) is 11.0. The fourth-order valence-corrected chi connectivity index (χ4v) is 1.74. The summed E-state index contributed by atoms with van der Waals surface area (Å²) in [5.74, 6) is -0.677. The molecule has 7 heteroatoms. The number of nitrogens with zero attached hydrogens (tertiary/aromatic N) is 2. The van der Waals surface area contributed by atoms with Crippen LogP contribution in [0.4, 0.5) is 18.9 Å². The molecule has 102 valence electrons. The summed E-state index contributed by atoms with van der Waals surface area (Å²) in [6.45, 7) is -0.394. The van der Waals surface area contributed by atoms with Crippen molar-refractivity contribution in [1.29, 1.82) is 0 Å². The molecule has 0 aliphatic carbocycles. The van der Waals surface area contributed by atoms with Crippen LogP contribution in [0.25, 0.3) is 0 Å². The molecule has 0 aromatic carbocycles. The summed E-state index contributed by atoms with van der Waals surface area (Å²) in [7, 11) is 0. The maximum atomic E-state index is 13.3. The van der Waals surface area contributed by atoms with Gasteiger partial charge in [0.2, 0.25) is 0 Å². The molecule has 2 heterocycles. The molecule has 2 aromatic rings. The van der Waals surface area contributed by atoms with E-state index >= 15 is 0 Å². The second kappa shape index (κ2) is 5.97. The van der Waals surface area contributed by atoms with Gasteiger partial charge in [-0.05, 0) is 17.7 Å². The minimum absolute atomic E-state index is 0.0883. The van der Waals surface area contributed by atoms with Crippen LogP contribution in [0.15, 0.2) is 35.3 Å². The first kappa shape index (κ1) is 13.7. The molecule has 19 heavy (non-hydrogen) atoms. The first-order valence-corrected chi connectivity index (χ1v) is 5.79. The van der Waals surface area contributed by atoms with Crippen LogP contribution in [0.5, 0.6) is 0 Å². The number of hydrogen-bond acceptors (Lipinski definition) is 3. The van der Waals surface area contributed by atoms with Gasteiger partial charge in [0.1, 0.15) is 6.26 Å². The second-order valence-corrected chi connectivity index (χ2v) is 4.23. The zero-order valence-corrected chi connectivity index (χ0v) is 10.4. The van der Waals surface area contributed by atoms with Crippen molar-refractivity contribution in [1.82, 2.24) is 4.98 Å². The summed E-state index contributed by atoms with van der Waals surface area (Å²) < 4.78 is 43.2. The molecular formula is C12H10ClF3N2O. The average Bonchev–Trinajstić information content (AvgIpc) is 2.86. The Labute approximate surface area is 112 Å². The second-order valence-electron chi connectivity index (χ2n) is 3.87. The van der Waals surface area contributed by atoms with E-state index < -0.39 is 18.8 Å². The number of hydrogen-bond donors (Lipinski definition) is 0. The summed E-state index contributed by atoms with van der Waals surface area (Å²) in [6.07, 6.45) is 1.57. The van der Waals surface area contributed by atoms with Crippen LogP contribution < -0.4 is 4.90 Å². The number of pyridine rings is 1. The molecule has 0 bridgehead atoms. The zero-order chi connectivity index (χ0) is 13.8. The molecular weight excluding hydrogens is 281 g/mol. The molecule has 2 rings (SSSR count). The van der Waals surface area contributed by atoms with E-state index in [0.717, 1.165) is 0 Å². The molecule has 2 aromatic heterocycles. The smallest absolute Gasteiger partial charge is 0.255 e. The highest BCUT2D eigenvalue weighted by molar-refractivity contribution is 6.29. The molecule has 0 aliphatic rings. The van der Waals surface area contributed by atoms with Crippen molar-refractivity contribution >= 4 is 17.3 Å². The number of anilines is 1. The third kappa shape index (κ3) is 3.64. The van der Waals surface area contributed by atoms with E-state index in [1.807, 2.05) is 0 Å². The van der Waals surface area contributed by atoms with Crippen LogP contribution in [0.3, 0.4) is 0 Å². The fraction of sp³-hybridized carbons (Fsp3) is 0.250. The minimum Gasteiger partial charge on any atom is -0.470 e. The maximum absolute atomic E-state index is 13.3. The Kier molecular flexibility index (Phi) is 4.31. The summed E-state index contributed by atoms with van der Waals surface area (Å²) in [6, 6.07) is 2.73. The minimum atomic E-state index is -2.51. The highest BCUT2D eigenvalue weighted by Crippen LogP contribution is 2.20. The number of alkyl halides is 2. The third-order valence-electron chi connectivity index (χ3n) is 2.46. The van der Waals surface area contributed by atoms with Crippen LogP contribution in [-0.2, 0) is 6.54 Å². The van der Waals surface area contributed by atoms with Gasteiger partial charge in [0.15, 0.2) is 11.0 Å². The van der Waals surface area contributed by atoms with Crippen LogP contribution in [0.1, 0.15) is 5.56 Å². The van der Waals surface area contributed by atoms with Crippen LogP contribution in [-0.4, -0.2) is 18.0 Å². The van der Waals surface area contributed by atoms with E-state index in [2.05, 4.69) is 4.98 Å². The van der Waals surface area contributed by atoms with Gasteiger partial charge >= 0.3 is 0 Å². The number of aromatic nitrogens is 1. The predicted molar refractivity (Wildman–Crippen MR) is 65.0 cm³/mol. The van der Waals surface area contributed by atoms with Crippen molar-refractivity contribution in [3.63, 3.8) is 0 Å². The quantitative estimate of drug-likeness (QED) is 0.786. The SMILES string of the molecule is Fc1cc(CN(CC(F)F)c2ccoc2)cnc1Cl. The van der Waals surface area contributed by atoms with Gasteiger partial charge in [-0.2, -0.15) is 0 Å². The highest BCUT2D eigenvalue weighted by Gasteiger charge is 2.15. The summed E-state index contributed by atoms with van der Waals surface area (Å²) >= 11 is 5.47. The standard InChI is InChI=1S/C12H10ClF3N2O/c13-12-10(14)3-8(4-17-12)5-18(6-11(15)16)9-1-2-19-7-9/h1-4,7,11H,5-6H2. The van der Waals surface area contributed by atoms with Crippen molar-refractivity contribution in [2.75, 3.05) is 11.4 Å². The van der Waals surface area contributed by atoms with Gasteiger partial charge in [-0.3, -0.25) is 0 Å². The largest absolute Gasteiger partial charge is 0.470 e. The third-order valence-corrected chi connectivity index (χ3v) is 2.73. The number of furan rings is 1. The first-order valence-electron chi connectivity index (χ1n) is 5.41. The van der Waals surface area contributed by atoms with Gasteiger partial charge in [-0.15, -0.1) is 0 Å². The van der Waals surface area contributed by atoms with Gasteiger partial charge in [0.25, 0.3) is 6.43 Å². The zero-order valence-electron chi connectivity index (χ0n) is 9.69. The monoisotopic (exact) mass is 290 g/mol. The summed E-state index contributed by atoms with van der Waals surface area (Å²) in [5, 5.41) is -0.243. The lowest BCUT2D eigenvalue weighted by atomic mass is 10.2. The van der Waals surface area contributed by atoms with Crippen molar-refractivity contribution in [2.45, 2.75) is 13.0 Å². The van der Waals surface area contributed by atoms with E-state index in [4.69, 9.17) is 16.0 Å². The fourth-order valence-electron chi connectivity index (χ4n) is 1.63. The van der Waals surface area contributed by atoms with Crippen molar-refractivity contribution in [2.24, 2.45) is 0 Å². The Hall–Kier alpha value is -1.69. The van der Waals surface area contributed by atoms with Gasteiger partial charge < -0.3 is 9.32 Å². The van der Waals surface area contributed by atoms with Crippen LogP contribution in [0, 0.1) is 5.82 Å². The Morgan fingerprint density at radius 1 is 1.42 bits per heavy atom. The van der Waals surface area contributed by atoms with Crippen LogP contribution >= 0.6 is 11.6 Å². The molecule has 0 N–H and O–H groups in total. The number of rotatable bonds is 5. The lowest BCUT2D eigenvalue weighted by Gasteiger charge is -2.22. The Morgan fingerprint density at radius 3 is 2.79 bits per heavy atom. The average molecular weight is 291 g/mol. The van der Waals surface area contributed by atoms with Crippen molar-refractivity contribution in [3.8, 4) is 0 Å². The summed E-state index contributed by atoms with van der Waals surface area (Å²) in [5.41, 5.74) is 0.944. The molecule has 0 atom stereocenters. The van der Waals surface area contributed by atoms with Gasteiger partial charge in [0, 0.05) is 12.7 Å². The lowest BCUT2D eigenvalue weighted by Crippen LogP contribution is -2.28. The molecule has 3 nitrogen and oxygen atoms in total. The molecule has 0 spiro atoms.